The van der Waals surface area contributed by atoms with E-state index >= 15 is 0 Å². The Labute approximate surface area is 107 Å². The zero-order valence-corrected chi connectivity index (χ0v) is 11.0. The van der Waals surface area contributed by atoms with Gasteiger partial charge in [-0.15, -0.1) is 0 Å². The predicted octanol–water partition coefficient (Wildman–Crippen LogP) is 3.44. The molecule has 1 fully saturated rings. The van der Waals surface area contributed by atoms with Crippen molar-refractivity contribution in [3.63, 3.8) is 0 Å². The lowest BCUT2D eigenvalue weighted by atomic mass is 9.99. The molecule has 1 aliphatic heterocycles. The van der Waals surface area contributed by atoms with Crippen molar-refractivity contribution in [2.24, 2.45) is 7.05 Å². The SMILES string of the molecule is Cc1c(C2CCCCN2)n(C)c2c(F)cccc12. The Morgan fingerprint density at radius 1 is 1.33 bits per heavy atom. The third-order valence-corrected chi connectivity index (χ3v) is 4.11. The highest BCUT2D eigenvalue weighted by atomic mass is 19.1. The number of hydrogen-bond donors (Lipinski definition) is 1. The Balaban J connectivity index is 2.20. The van der Waals surface area contributed by atoms with E-state index in [1.165, 1.54) is 24.1 Å². The van der Waals surface area contributed by atoms with E-state index < -0.39 is 0 Å². The predicted molar refractivity (Wildman–Crippen MR) is 72.2 cm³/mol. The summed E-state index contributed by atoms with van der Waals surface area (Å²) in [5.74, 6) is -0.125. The van der Waals surface area contributed by atoms with Gasteiger partial charge in [0.05, 0.1) is 5.52 Å². The first-order valence-corrected chi connectivity index (χ1v) is 6.67. The molecule has 96 valence electrons. The molecule has 2 aromatic rings. The van der Waals surface area contributed by atoms with Crippen molar-refractivity contribution in [3.8, 4) is 0 Å². The average molecular weight is 246 g/mol. The van der Waals surface area contributed by atoms with Gasteiger partial charge in [0.2, 0.25) is 0 Å². The van der Waals surface area contributed by atoms with E-state index in [1.807, 2.05) is 17.7 Å². The van der Waals surface area contributed by atoms with E-state index in [1.54, 1.807) is 12.1 Å². The van der Waals surface area contributed by atoms with Crippen LogP contribution in [-0.2, 0) is 7.05 Å². The summed E-state index contributed by atoms with van der Waals surface area (Å²) in [6.07, 6.45) is 3.64. The van der Waals surface area contributed by atoms with E-state index in [2.05, 4.69) is 12.2 Å². The second-order valence-corrected chi connectivity index (χ2v) is 5.21. The van der Waals surface area contributed by atoms with Crippen molar-refractivity contribution in [1.82, 2.24) is 9.88 Å². The zero-order chi connectivity index (χ0) is 12.7. The highest BCUT2D eigenvalue weighted by Crippen LogP contribution is 2.33. The van der Waals surface area contributed by atoms with Crippen molar-refractivity contribution in [1.29, 1.82) is 0 Å². The fourth-order valence-electron chi connectivity index (χ4n) is 3.25. The molecule has 1 aliphatic rings. The first-order chi connectivity index (χ1) is 8.70. The van der Waals surface area contributed by atoms with Crippen LogP contribution in [0.1, 0.15) is 36.6 Å². The van der Waals surface area contributed by atoms with E-state index in [9.17, 15) is 4.39 Å². The maximum absolute atomic E-state index is 14.0. The number of aryl methyl sites for hydroxylation is 2. The molecule has 1 unspecified atom stereocenters. The highest BCUT2D eigenvalue weighted by Gasteiger charge is 2.23. The Bertz CT molecular complexity index is 580. The molecule has 0 radical (unpaired) electrons. The van der Waals surface area contributed by atoms with Gasteiger partial charge in [0.25, 0.3) is 0 Å². The van der Waals surface area contributed by atoms with Gasteiger partial charge in [-0.3, -0.25) is 0 Å². The molecule has 0 bridgehead atoms. The lowest BCUT2D eigenvalue weighted by Gasteiger charge is -2.25. The molecule has 3 rings (SSSR count). The Morgan fingerprint density at radius 3 is 2.83 bits per heavy atom. The molecule has 18 heavy (non-hydrogen) atoms. The van der Waals surface area contributed by atoms with E-state index in [-0.39, 0.29) is 5.82 Å². The molecule has 2 heterocycles. The van der Waals surface area contributed by atoms with Gasteiger partial charge in [-0.1, -0.05) is 18.6 Å². The monoisotopic (exact) mass is 246 g/mol. The van der Waals surface area contributed by atoms with Crippen LogP contribution >= 0.6 is 0 Å². The molecule has 1 aromatic carbocycles. The number of nitrogens with one attached hydrogen (secondary N) is 1. The zero-order valence-electron chi connectivity index (χ0n) is 11.0. The molecule has 0 saturated carbocycles. The standard InChI is InChI=1S/C15H19FN2/c1-10-11-6-5-7-12(16)15(11)18(2)14(10)13-8-3-4-9-17-13/h5-7,13,17H,3-4,8-9H2,1-2H3. The van der Waals surface area contributed by atoms with Crippen molar-refractivity contribution in [2.45, 2.75) is 32.2 Å². The number of aromatic nitrogens is 1. The summed E-state index contributed by atoms with van der Waals surface area (Å²) in [4.78, 5) is 0. The summed E-state index contributed by atoms with van der Waals surface area (Å²) in [6.45, 7) is 3.17. The van der Waals surface area contributed by atoms with Crippen molar-refractivity contribution in [3.05, 3.63) is 35.3 Å². The number of rotatable bonds is 1. The molecule has 0 aliphatic carbocycles. The Morgan fingerprint density at radius 2 is 2.17 bits per heavy atom. The van der Waals surface area contributed by atoms with Crippen molar-refractivity contribution < 1.29 is 4.39 Å². The van der Waals surface area contributed by atoms with Gasteiger partial charge in [-0.05, 0) is 37.9 Å². The Hall–Kier alpha value is -1.35. The molecular weight excluding hydrogens is 227 g/mol. The third kappa shape index (κ3) is 1.65. The largest absolute Gasteiger partial charge is 0.344 e. The first-order valence-electron chi connectivity index (χ1n) is 6.67. The van der Waals surface area contributed by atoms with E-state index in [4.69, 9.17) is 0 Å². The fourth-order valence-corrected chi connectivity index (χ4v) is 3.25. The topological polar surface area (TPSA) is 17.0 Å². The fraction of sp³-hybridized carbons (Fsp3) is 0.467. The van der Waals surface area contributed by atoms with Crippen LogP contribution in [0, 0.1) is 12.7 Å². The van der Waals surface area contributed by atoms with Gasteiger partial charge in [-0.2, -0.15) is 0 Å². The van der Waals surface area contributed by atoms with Crippen LogP contribution in [0.2, 0.25) is 0 Å². The van der Waals surface area contributed by atoms with Crippen LogP contribution in [-0.4, -0.2) is 11.1 Å². The van der Waals surface area contributed by atoms with Gasteiger partial charge >= 0.3 is 0 Å². The van der Waals surface area contributed by atoms with E-state index in [0.29, 0.717) is 6.04 Å². The molecule has 1 aromatic heterocycles. The highest BCUT2D eigenvalue weighted by molar-refractivity contribution is 5.86. The summed E-state index contributed by atoms with van der Waals surface area (Å²) < 4.78 is 16.0. The molecular formula is C15H19FN2. The molecule has 2 nitrogen and oxygen atoms in total. The lowest BCUT2D eigenvalue weighted by molar-refractivity contribution is 0.397. The molecule has 1 N–H and O–H groups in total. The minimum Gasteiger partial charge on any atom is -0.344 e. The number of benzene rings is 1. The summed E-state index contributed by atoms with van der Waals surface area (Å²) >= 11 is 0. The van der Waals surface area contributed by atoms with Crippen molar-refractivity contribution >= 4 is 10.9 Å². The van der Waals surface area contributed by atoms with Crippen LogP contribution < -0.4 is 5.32 Å². The van der Waals surface area contributed by atoms with Gasteiger partial charge < -0.3 is 9.88 Å². The normalized spacial score (nSPS) is 20.5. The minimum absolute atomic E-state index is 0.125. The van der Waals surface area contributed by atoms with Crippen LogP contribution in [0.15, 0.2) is 18.2 Å². The second kappa shape index (κ2) is 4.39. The van der Waals surface area contributed by atoms with Crippen LogP contribution in [0.5, 0.6) is 0 Å². The van der Waals surface area contributed by atoms with Crippen LogP contribution in [0.25, 0.3) is 10.9 Å². The van der Waals surface area contributed by atoms with Gasteiger partial charge in [0.15, 0.2) is 0 Å². The molecule has 3 heteroatoms. The van der Waals surface area contributed by atoms with Gasteiger partial charge in [-0.25, -0.2) is 4.39 Å². The Kier molecular flexibility index (Phi) is 2.86. The van der Waals surface area contributed by atoms with Crippen molar-refractivity contribution in [2.75, 3.05) is 6.54 Å². The number of nitrogens with zero attached hydrogens (tertiary/aromatic N) is 1. The summed E-state index contributed by atoms with van der Waals surface area (Å²) in [6, 6.07) is 5.72. The lowest BCUT2D eigenvalue weighted by Crippen LogP contribution is -2.28. The number of piperidine rings is 1. The maximum Gasteiger partial charge on any atom is 0.147 e. The smallest absolute Gasteiger partial charge is 0.147 e. The van der Waals surface area contributed by atoms with E-state index in [0.717, 1.165) is 23.9 Å². The minimum atomic E-state index is -0.125. The summed E-state index contributed by atoms with van der Waals surface area (Å²) in [5, 5.41) is 4.60. The van der Waals surface area contributed by atoms with Crippen LogP contribution in [0.3, 0.4) is 0 Å². The third-order valence-electron chi connectivity index (χ3n) is 4.11. The number of para-hydroxylation sites is 1. The van der Waals surface area contributed by atoms with Crippen LogP contribution in [0.4, 0.5) is 4.39 Å². The van der Waals surface area contributed by atoms with Gasteiger partial charge in [0.1, 0.15) is 5.82 Å². The first kappa shape index (κ1) is 11.7. The molecule has 0 spiro atoms. The van der Waals surface area contributed by atoms with Gasteiger partial charge in [0, 0.05) is 24.2 Å². The second-order valence-electron chi connectivity index (χ2n) is 5.21. The maximum atomic E-state index is 14.0. The average Bonchev–Trinajstić information content (AvgIpc) is 2.64. The molecule has 1 saturated heterocycles. The summed E-state index contributed by atoms with van der Waals surface area (Å²) in [7, 11) is 1.98. The summed E-state index contributed by atoms with van der Waals surface area (Å²) in [5.41, 5.74) is 3.19. The number of fused-ring (bicyclic) bond motifs is 1. The number of halogens is 1. The quantitative estimate of drug-likeness (QED) is 0.815. The molecule has 1 atom stereocenters. The molecule has 0 amide bonds. The number of hydrogen-bond acceptors (Lipinski definition) is 1.